The van der Waals surface area contributed by atoms with Gasteiger partial charge in [-0.3, -0.25) is 14.5 Å². The van der Waals surface area contributed by atoms with Crippen molar-refractivity contribution in [1.29, 1.82) is 0 Å². The first-order valence-electron chi connectivity index (χ1n) is 8.87. The molecule has 0 bridgehead atoms. The Kier molecular flexibility index (Phi) is 6.36. The largest absolute Gasteiger partial charge is 0.477 e. The zero-order valence-electron chi connectivity index (χ0n) is 16.2. The third-order valence-electron chi connectivity index (χ3n) is 4.49. The van der Waals surface area contributed by atoms with Crippen LogP contribution in [0.3, 0.4) is 0 Å². The summed E-state index contributed by atoms with van der Waals surface area (Å²) in [5, 5.41) is 25.5. The number of nitrogen functional groups attached to an aromatic ring is 1. The molecule has 1 unspecified atom stereocenters. The van der Waals surface area contributed by atoms with E-state index < -0.39 is 29.2 Å². The van der Waals surface area contributed by atoms with Crippen LogP contribution in [0.2, 0.25) is 0 Å². The Morgan fingerprint density at radius 1 is 1.44 bits per heavy atom. The number of nitrogens with one attached hydrogen (secondary N) is 1. The molecule has 2 aromatic rings. The molecular weight excluding hydrogens is 498 g/mol. The van der Waals surface area contributed by atoms with Crippen molar-refractivity contribution in [2.24, 2.45) is 5.16 Å². The lowest BCUT2D eigenvalue weighted by Crippen LogP contribution is -2.71. The van der Waals surface area contributed by atoms with Gasteiger partial charge in [0.15, 0.2) is 15.2 Å². The van der Waals surface area contributed by atoms with Crippen LogP contribution in [0.25, 0.3) is 0 Å². The summed E-state index contributed by atoms with van der Waals surface area (Å²) in [4.78, 5) is 46.6. The van der Waals surface area contributed by atoms with Crippen molar-refractivity contribution >= 4 is 75.0 Å². The predicted molar refractivity (Wildman–Crippen MR) is 120 cm³/mol. The SMILES string of the molecule is Cc1nsc(SCC2=C(C(=O)O)N3C(=O)C(NC(=O)/C(=N\O)c4csc(N)n4)[C@H]3SC2)n1. The van der Waals surface area contributed by atoms with E-state index in [0.717, 1.165) is 11.3 Å². The summed E-state index contributed by atoms with van der Waals surface area (Å²) in [6, 6.07) is -0.963. The number of carboxylic acids is 1. The number of hydrogen-bond acceptors (Lipinski definition) is 13. The van der Waals surface area contributed by atoms with Crippen LogP contribution < -0.4 is 11.1 Å². The number of nitrogens with two attached hydrogens (primary N) is 1. The van der Waals surface area contributed by atoms with E-state index >= 15 is 0 Å². The fourth-order valence-electron chi connectivity index (χ4n) is 3.10. The Labute approximate surface area is 197 Å². The first-order chi connectivity index (χ1) is 15.3. The molecule has 1 saturated heterocycles. The fraction of sp³-hybridized carbons (Fsp3) is 0.312. The molecule has 16 heteroatoms. The second kappa shape index (κ2) is 9.05. The number of thioether (sulfide) groups is 2. The number of β-lactam (4-membered cyclic amide) rings is 1. The number of aromatic nitrogens is 3. The molecule has 1 fully saturated rings. The van der Waals surface area contributed by atoms with Crippen LogP contribution in [-0.2, 0) is 14.4 Å². The van der Waals surface area contributed by atoms with E-state index in [1.54, 1.807) is 6.92 Å². The van der Waals surface area contributed by atoms with Gasteiger partial charge in [-0.2, -0.15) is 4.37 Å². The predicted octanol–water partition coefficient (Wildman–Crippen LogP) is 0.594. The van der Waals surface area contributed by atoms with Crippen molar-refractivity contribution in [3.63, 3.8) is 0 Å². The maximum absolute atomic E-state index is 12.8. The van der Waals surface area contributed by atoms with Crippen LogP contribution in [-0.4, -0.2) is 76.0 Å². The van der Waals surface area contributed by atoms with Crippen molar-refractivity contribution in [3.05, 3.63) is 28.2 Å². The molecule has 4 rings (SSSR count). The number of aryl methyl sites for hydroxylation is 1. The highest BCUT2D eigenvalue weighted by Crippen LogP contribution is 2.41. The Morgan fingerprint density at radius 3 is 2.81 bits per heavy atom. The summed E-state index contributed by atoms with van der Waals surface area (Å²) in [5.74, 6) is -1.22. The maximum atomic E-state index is 12.8. The standard InChI is InChI=1S/C16H15N7O5S4/c1-5-18-16(32-22-5)31-3-6-2-29-13-9(12(25)23(13)10(6)14(26)27)20-11(24)8(21-28)7-4-30-15(17)19-7/h4,9,13,28H,2-3H2,1H3,(H2,17,19)(H,20,24)(H,26,27)/b21-8-/t9?,13-/m1/s1. The summed E-state index contributed by atoms with van der Waals surface area (Å²) in [6.45, 7) is 1.77. The van der Waals surface area contributed by atoms with Crippen molar-refractivity contribution in [2.75, 3.05) is 17.2 Å². The number of rotatable bonds is 7. The molecule has 32 heavy (non-hydrogen) atoms. The molecule has 2 aliphatic rings. The zero-order valence-corrected chi connectivity index (χ0v) is 19.5. The molecule has 168 valence electrons. The quantitative estimate of drug-likeness (QED) is 0.134. The molecule has 2 aliphatic heterocycles. The third kappa shape index (κ3) is 4.17. The monoisotopic (exact) mass is 513 g/mol. The first kappa shape index (κ1) is 22.5. The number of oxime groups is 1. The summed E-state index contributed by atoms with van der Waals surface area (Å²) in [6.07, 6.45) is 0. The van der Waals surface area contributed by atoms with Crippen molar-refractivity contribution in [1.82, 2.24) is 24.6 Å². The second-order valence-corrected chi connectivity index (χ2v) is 10.5. The van der Waals surface area contributed by atoms with E-state index in [4.69, 9.17) is 5.73 Å². The number of nitrogens with zero attached hydrogens (tertiary/aromatic N) is 5. The number of carbonyl (C=O) groups is 3. The first-order valence-corrected chi connectivity index (χ1v) is 12.6. The minimum atomic E-state index is -1.21. The average Bonchev–Trinajstić information content (AvgIpc) is 3.38. The topological polar surface area (TPSA) is 184 Å². The van der Waals surface area contributed by atoms with E-state index in [1.165, 1.54) is 45.3 Å². The number of amides is 2. The van der Waals surface area contributed by atoms with Crippen LogP contribution in [0.1, 0.15) is 11.5 Å². The van der Waals surface area contributed by atoms with Gasteiger partial charge in [0, 0.05) is 16.9 Å². The lowest BCUT2D eigenvalue weighted by atomic mass is 10.0. The molecular formula is C16H15N7O5S4. The summed E-state index contributed by atoms with van der Waals surface area (Å²) < 4.78 is 4.81. The number of carboxylic acid groups (broad SMARTS) is 1. The molecule has 4 heterocycles. The minimum Gasteiger partial charge on any atom is -0.477 e. The number of anilines is 1. The van der Waals surface area contributed by atoms with E-state index in [9.17, 15) is 24.7 Å². The smallest absolute Gasteiger partial charge is 0.352 e. The second-order valence-electron chi connectivity index (χ2n) is 6.53. The number of fused-ring (bicyclic) bond motifs is 1. The lowest BCUT2D eigenvalue weighted by molar-refractivity contribution is -0.150. The van der Waals surface area contributed by atoms with E-state index in [-0.39, 0.29) is 22.2 Å². The number of thiazole rings is 1. The molecule has 0 radical (unpaired) electrons. The Balaban J connectivity index is 1.48. The van der Waals surface area contributed by atoms with Crippen molar-refractivity contribution in [2.45, 2.75) is 22.7 Å². The number of hydrogen-bond donors (Lipinski definition) is 4. The molecule has 2 amide bonds. The van der Waals surface area contributed by atoms with Gasteiger partial charge in [-0.05, 0) is 24.0 Å². The van der Waals surface area contributed by atoms with Crippen LogP contribution in [0.4, 0.5) is 5.13 Å². The van der Waals surface area contributed by atoms with E-state index in [1.807, 2.05) is 0 Å². The number of carbonyl (C=O) groups excluding carboxylic acids is 2. The maximum Gasteiger partial charge on any atom is 0.352 e. The van der Waals surface area contributed by atoms with Gasteiger partial charge in [0.1, 0.15) is 28.6 Å². The summed E-state index contributed by atoms with van der Waals surface area (Å²) in [5.41, 5.74) is 5.74. The molecule has 0 aromatic carbocycles. The highest BCUT2D eigenvalue weighted by atomic mass is 32.2. The molecule has 5 N–H and O–H groups in total. The molecule has 0 saturated carbocycles. The van der Waals surface area contributed by atoms with Crippen molar-refractivity contribution < 1.29 is 24.7 Å². The lowest BCUT2D eigenvalue weighted by Gasteiger charge is -2.49. The van der Waals surface area contributed by atoms with E-state index in [0.29, 0.717) is 27.2 Å². The van der Waals surface area contributed by atoms with Gasteiger partial charge in [0.05, 0.1) is 0 Å². The van der Waals surface area contributed by atoms with Crippen LogP contribution in [0, 0.1) is 6.92 Å². The molecule has 0 spiro atoms. The fourth-order valence-corrected chi connectivity index (χ4v) is 6.78. The molecule has 2 aromatic heterocycles. The van der Waals surface area contributed by atoms with Crippen LogP contribution in [0.15, 0.2) is 26.1 Å². The van der Waals surface area contributed by atoms with E-state index in [2.05, 4.69) is 24.8 Å². The summed E-state index contributed by atoms with van der Waals surface area (Å²) >= 11 is 5.00. The third-order valence-corrected chi connectivity index (χ3v) is 8.52. The van der Waals surface area contributed by atoms with Gasteiger partial charge in [0.2, 0.25) is 0 Å². The van der Waals surface area contributed by atoms with Gasteiger partial charge < -0.3 is 21.4 Å². The summed E-state index contributed by atoms with van der Waals surface area (Å²) in [7, 11) is 0. The van der Waals surface area contributed by atoms with Gasteiger partial charge in [-0.15, -0.1) is 23.1 Å². The highest BCUT2D eigenvalue weighted by Gasteiger charge is 2.54. The minimum absolute atomic E-state index is 0.0739. The Bertz CT molecular complexity index is 1160. The van der Waals surface area contributed by atoms with Crippen LogP contribution >= 0.6 is 46.4 Å². The normalized spacial score (nSPS) is 20.7. The zero-order chi connectivity index (χ0) is 23.0. The Morgan fingerprint density at radius 2 is 2.22 bits per heavy atom. The molecule has 0 aliphatic carbocycles. The average molecular weight is 514 g/mol. The van der Waals surface area contributed by atoms with Crippen LogP contribution in [0.5, 0.6) is 0 Å². The molecule has 12 nitrogen and oxygen atoms in total. The molecule has 2 atom stereocenters. The van der Waals surface area contributed by atoms with Crippen molar-refractivity contribution in [3.8, 4) is 0 Å². The Hall–Kier alpha value is -2.69. The number of aliphatic carboxylic acids is 1. The van der Waals surface area contributed by atoms with Gasteiger partial charge in [0.25, 0.3) is 11.8 Å². The van der Waals surface area contributed by atoms with Gasteiger partial charge >= 0.3 is 5.97 Å². The van der Waals surface area contributed by atoms with Gasteiger partial charge in [-0.25, -0.2) is 14.8 Å². The highest BCUT2D eigenvalue weighted by molar-refractivity contribution is 8.01. The van der Waals surface area contributed by atoms with Gasteiger partial charge in [-0.1, -0.05) is 16.9 Å².